The number of methoxy groups -OCH3 is 1. The van der Waals surface area contributed by atoms with E-state index in [4.69, 9.17) is 9.26 Å². The van der Waals surface area contributed by atoms with E-state index in [1.165, 1.54) is 6.07 Å². The van der Waals surface area contributed by atoms with E-state index in [9.17, 15) is 8.42 Å². The van der Waals surface area contributed by atoms with Crippen LogP contribution in [0.2, 0.25) is 0 Å². The van der Waals surface area contributed by atoms with Gasteiger partial charge in [0.15, 0.2) is 0 Å². The van der Waals surface area contributed by atoms with Gasteiger partial charge >= 0.3 is 0 Å². The zero-order chi connectivity index (χ0) is 16.3. The molecule has 9 heteroatoms. The minimum absolute atomic E-state index is 0.0810. The molecule has 0 amide bonds. The van der Waals surface area contributed by atoms with Crippen LogP contribution in [0.4, 0.5) is 0 Å². The zero-order valence-corrected chi connectivity index (χ0v) is 13.7. The van der Waals surface area contributed by atoms with E-state index in [2.05, 4.69) is 14.9 Å². The van der Waals surface area contributed by atoms with Crippen LogP contribution >= 0.6 is 11.3 Å². The minimum Gasteiger partial charge on any atom is -0.496 e. The first-order chi connectivity index (χ1) is 11.1. The summed E-state index contributed by atoms with van der Waals surface area (Å²) in [4.78, 5) is 4.19. The molecule has 120 valence electrons. The van der Waals surface area contributed by atoms with E-state index in [1.807, 2.05) is 12.1 Å². The average molecular weight is 351 g/mol. The standard InChI is InChI=1S/C14H13N3O4S2/c1-20-11-6-3-2-5-10(11)14-16-12(21-17-14)9-15-23(18,19)13-7-4-8-22-13/h2-8,15H,9H2,1H3. The summed E-state index contributed by atoms with van der Waals surface area (Å²) in [5, 5.41) is 5.56. The summed E-state index contributed by atoms with van der Waals surface area (Å²) >= 11 is 1.14. The van der Waals surface area contributed by atoms with E-state index in [0.29, 0.717) is 17.1 Å². The Labute approximate surface area is 137 Å². The van der Waals surface area contributed by atoms with E-state index < -0.39 is 10.0 Å². The van der Waals surface area contributed by atoms with Crippen molar-refractivity contribution in [1.82, 2.24) is 14.9 Å². The SMILES string of the molecule is COc1ccccc1-c1noc(CNS(=O)(=O)c2cccs2)n1. The minimum atomic E-state index is -3.57. The molecule has 0 aliphatic carbocycles. The molecule has 0 saturated heterocycles. The topological polar surface area (TPSA) is 94.3 Å². The Morgan fingerprint density at radius 3 is 2.83 bits per heavy atom. The first kappa shape index (κ1) is 15.7. The van der Waals surface area contributed by atoms with Gasteiger partial charge in [0.05, 0.1) is 19.2 Å². The predicted molar refractivity (Wildman–Crippen MR) is 84.6 cm³/mol. The van der Waals surface area contributed by atoms with Crippen molar-refractivity contribution in [3.05, 3.63) is 47.7 Å². The molecule has 0 atom stereocenters. The summed E-state index contributed by atoms with van der Waals surface area (Å²) in [6, 6.07) is 10.4. The number of hydrogen-bond acceptors (Lipinski definition) is 7. The van der Waals surface area contributed by atoms with E-state index in [1.54, 1.807) is 30.7 Å². The summed E-state index contributed by atoms with van der Waals surface area (Å²) in [7, 11) is -2.02. The number of hydrogen-bond donors (Lipinski definition) is 1. The van der Waals surface area contributed by atoms with Gasteiger partial charge in [0.1, 0.15) is 9.96 Å². The van der Waals surface area contributed by atoms with Gasteiger partial charge in [-0.1, -0.05) is 23.4 Å². The number of benzene rings is 1. The maximum atomic E-state index is 12.0. The second-order valence-corrected chi connectivity index (χ2v) is 7.41. The fourth-order valence-corrected chi connectivity index (χ4v) is 3.92. The molecule has 1 N–H and O–H groups in total. The number of thiophene rings is 1. The third-order valence-electron chi connectivity index (χ3n) is 2.99. The van der Waals surface area contributed by atoms with Gasteiger partial charge in [-0.05, 0) is 23.6 Å². The fourth-order valence-electron chi connectivity index (χ4n) is 1.91. The average Bonchev–Trinajstić information content (AvgIpc) is 3.25. The van der Waals surface area contributed by atoms with Crippen LogP contribution in [0.5, 0.6) is 5.75 Å². The lowest BCUT2D eigenvalue weighted by molar-refractivity contribution is 0.375. The molecular weight excluding hydrogens is 338 g/mol. The molecule has 2 aromatic heterocycles. The molecule has 0 aliphatic rings. The Kier molecular flexibility index (Phi) is 4.42. The Bertz CT molecular complexity index is 888. The van der Waals surface area contributed by atoms with Crippen LogP contribution < -0.4 is 9.46 Å². The number of nitrogens with zero attached hydrogens (tertiary/aromatic N) is 2. The molecule has 1 aromatic carbocycles. The molecule has 3 rings (SSSR count). The third-order valence-corrected chi connectivity index (χ3v) is 5.79. The lowest BCUT2D eigenvalue weighted by atomic mass is 10.2. The Balaban J connectivity index is 1.76. The maximum Gasteiger partial charge on any atom is 0.250 e. The van der Waals surface area contributed by atoms with Crippen molar-refractivity contribution in [1.29, 1.82) is 0 Å². The van der Waals surface area contributed by atoms with Crippen LogP contribution in [0.1, 0.15) is 5.89 Å². The van der Waals surface area contributed by atoms with Crippen molar-refractivity contribution in [2.45, 2.75) is 10.8 Å². The molecule has 0 saturated carbocycles. The van der Waals surface area contributed by atoms with Gasteiger partial charge in [-0.3, -0.25) is 0 Å². The van der Waals surface area contributed by atoms with E-state index in [0.717, 1.165) is 11.3 Å². The molecule has 2 heterocycles. The number of aromatic nitrogens is 2. The molecule has 7 nitrogen and oxygen atoms in total. The number of sulfonamides is 1. The normalized spacial score (nSPS) is 11.5. The molecule has 23 heavy (non-hydrogen) atoms. The first-order valence-corrected chi connectivity index (χ1v) is 8.95. The van der Waals surface area contributed by atoms with Crippen molar-refractivity contribution in [2.75, 3.05) is 7.11 Å². The van der Waals surface area contributed by atoms with Gasteiger partial charge in [-0.2, -0.15) is 4.98 Å². The van der Waals surface area contributed by atoms with Crippen LogP contribution in [-0.2, 0) is 16.6 Å². The number of nitrogens with one attached hydrogen (secondary N) is 1. The Morgan fingerprint density at radius 2 is 2.09 bits per heavy atom. The second-order valence-electron chi connectivity index (χ2n) is 4.47. The van der Waals surface area contributed by atoms with Gasteiger partial charge in [0, 0.05) is 0 Å². The molecule has 3 aromatic rings. The number of para-hydroxylation sites is 1. The van der Waals surface area contributed by atoms with Gasteiger partial charge in [-0.15, -0.1) is 11.3 Å². The summed E-state index contributed by atoms with van der Waals surface area (Å²) in [6.45, 7) is -0.0810. The molecule has 0 spiro atoms. The maximum absolute atomic E-state index is 12.0. The second kappa shape index (κ2) is 6.49. The van der Waals surface area contributed by atoms with Crippen molar-refractivity contribution in [3.8, 4) is 17.1 Å². The Hall–Kier alpha value is -2.23. The largest absolute Gasteiger partial charge is 0.496 e. The van der Waals surface area contributed by atoms with Crippen LogP contribution in [0.25, 0.3) is 11.4 Å². The van der Waals surface area contributed by atoms with Crippen LogP contribution in [0, 0.1) is 0 Å². The summed E-state index contributed by atoms with van der Waals surface area (Å²) in [6.07, 6.45) is 0. The summed E-state index contributed by atoms with van der Waals surface area (Å²) in [5.41, 5.74) is 0.672. The highest BCUT2D eigenvalue weighted by Crippen LogP contribution is 2.27. The van der Waals surface area contributed by atoms with Crippen molar-refractivity contribution >= 4 is 21.4 Å². The van der Waals surface area contributed by atoms with Crippen molar-refractivity contribution in [2.24, 2.45) is 0 Å². The predicted octanol–water partition coefficient (Wildman–Crippen LogP) is 2.29. The van der Waals surface area contributed by atoms with Gasteiger partial charge in [-0.25, -0.2) is 13.1 Å². The van der Waals surface area contributed by atoms with Crippen LogP contribution in [0.15, 0.2) is 50.5 Å². The summed E-state index contributed by atoms with van der Waals surface area (Å²) < 4.78 is 37.1. The lowest BCUT2D eigenvalue weighted by Crippen LogP contribution is -2.22. The Morgan fingerprint density at radius 1 is 1.26 bits per heavy atom. The van der Waals surface area contributed by atoms with E-state index >= 15 is 0 Å². The smallest absolute Gasteiger partial charge is 0.250 e. The van der Waals surface area contributed by atoms with E-state index in [-0.39, 0.29) is 16.6 Å². The van der Waals surface area contributed by atoms with Crippen LogP contribution in [-0.4, -0.2) is 25.7 Å². The molecule has 0 aliphatic heterocycles. The van der Waals surface area contributed by atoms with Crippen LogP contribution in [0.3, 0.4) is 0 Å². The van der Waals surface area contributed by atoms with Gasteiger partial charge < -0.3 is 9.26 Å². The van der Waals surface area contributed by atoms with Crippen molar-refractivity contribution < 1.29 is 17.7 Å². The lowest BCUT2D eigenvalue weighted by Gasteiger charge is -2.03. The zero-order valence-electron chi connectivity index (χ0n) is 12.1. The van der Waals surface area contributed by atoms with Gasteiger partial charge in [0.2, 0.25) is 11.7 Å². The number of ether oxygens (including phenoxy) is 1. The molecule has 0 unspecified atom stereocenters. The van der Waals surface area contributed by atoms with Crippen molar-refractivity contribution in [3.63, 3.8) is 0 Å². The third kappa shape index (κ3) is 3.41. The highest BCUT2D eigenvalue weighted by molar-refractivity contribution is 7.91. The molecule has 0 bridgehead atoms. The molecule has 0 radical (unpaired) electrons. The highest BCUT2D eigenvalue weighted by Gasteiger charge is 2.18. The molecular formula is C14H13N3O4S2. The quantitative estimate of drug-likeness (QED) is 0.732. The highest BCUT2D eigenvalue weighted by atomic mass is 32.2. The monoisotopic (exact) mass is 351 g/mol. The molecule has 0 fully saturated rings. The van der Waals surface area contributed by atoms with Gasteiger partial charge in [0.25, 0.3) is 10.0 Å². The summed E-state index contributed by atoms with van der Waals surface area (Å²) in [5.74, 6) is 1.12. The number of rotatable bonds is 6. The first-order valence-electron chi connectivity index (χ1n) is 6.59. The fraction of sp³-hybridized carbons (Fsp3) is 0.143.